The highest BCUT2D eigenvalue weighted by Crippen LogP contribution is 2.26. The van der Waals surface area contributed by atoms with E-state index in [-0.39, 0.29) is 18.0 Å². The monoisotopic (exact) mass is 240 g/mol. The fourth-order valence-electron chi connectivity index (χ4n) is 1.63. The van der Waals surface area contributed by atoms with E-state index >= 15 is 0 Å². The lowest BCUT2D eigenvalue weighted by atomic mass is 10.0. The molecule has 3 nitrogen and oxygen atoms in total. The van der Waals surface area contributed by atoms with Gasteiger partial charge in [0.05, 0.1) is 6.04 Å². The average Bonchev–Trinajstić information content (AvgIpc) is 2.76. The Morgan fingerprint density at radius 3 is 2.50 bits per heavy atom. The van der Waals surface area contributed by atoms with Crippen molar-refractivity contribution in [1.29, 1.82) is 0 Å². The van der Waals surface area contributed by atoms with Crippen molar-refractivity contribution in [1.82, 2.24) is 10.6 Å². The van der Waals surface area contributed by atoms with Crippen LogP contribution in [0.25, 0.3) is 0 Å². The molecule has 0 radical (unpaired) electrons. The van der Waals surface area contributed by atoms with Crippen LogP contribution in [0.3, 0.4) is 0 Å². The molecule has 0 aromatic carbocycles. The van der Waals surface area contributed by atoms with Gasteiger partial charge in [-0.2, -0.15) is 0 Å². The minimum atomic E-state index is -0.167. The second-order valence-corrected chi connectivity index (χ2v) is 5.22. The molecule has 2 N–H and O–H groups in total. The minimum absolute atomic E-state index is 0.0298. The highest BCUT2D eigenvalue weighted by atomic mass is 32.1. The van der Waals surface area contributed by atoms with Crippen molar-refractivity contribution in [3.8, 4) is 0 Å². The zero-order valence-electron chi connectivity index (χ0n) is 10.3. The van der Waals surface area contributed by atoms with Crippen LogP contribution in [0.5, 0.6) is 0 Å². The Balaban J connectivity index is 2.70. The van der Waals surface area contributed by atoms with Gasteiger partial charge in [0.2, 0.25) is 5.91 Å². The normalized spacial score (nSPS) is 14.8. The lowest BCUT2D eigenvalue weighted by Gasteiger charge is -2.24. The zero-order chi connectivity index (χ0) is 12.1. The molecule has 4 heteroatoms. The van der Waals surface area contributed by atoms with E-state index in [0.29, 0.717) is 5.92 Å². The molecule has 0 aliphatic heterocycles. The van der Waals surface area contributed by atoms with Gasteiger partial charge in [-0.3, -0.25) is 10.1 Å². The van der Waals surface area contributed by atoms with Gasteiger partial charge in [-0.25, -0.2) is 0 Å². The third kappa shape index (κ3) is 3.32. The first-order valence-corrected chi connectivity index (χ1v) is 6.45. The summed E-state index contributed by atoms with van der Waals surface area (Å²) in [5, 5.41) is 8.09. The SMILES string of the molecule is CNC(=O)C(C)NC(c1cccs1)C(C)C. The molecule has 0 bridgehead atoms. The molecule has 1 amide bonds. The van der Waals surface area contributed by atoms with Gasteiger partial charge >= 0.3 is 0 Å². The summed E-state index contributed by atoms with van der Waals surface area (Å²) in [6, 6.07) is 4.23. The third-order valence-corrected chi connectivity index (χ3v) is 3.54. The summed E-state index contributed by atoms with van der Waals surface area (Å²) >= 11 is 1.73. The van der Waals surface area contributed by atoms with E-state index in [0.717, 1.165) is 0 Å². The van der Waals surface area contributed by atoms with Crippen molar-refractivity contribution < 1.29 is 4.79 Å². The molecule has 1 rings (SSSR count). The predicted molar refractivity (Wildman–Crippen MR) is 68.6 cm³/mol. The molecule has 0 saturated heterocycles. The fraction of sp³-hybridized carbons (Fsp3) is 0.583. The van der Waals surface area contributed by atoms with Crippen molar-refractivity contribution in [2.45, 2.75) is 32.9 Å². The van der Waals surface area contributed by atoms with Crippen molar-refractivity contribution in [2.24, 2.45) is 5.92 Å². The maximum Gasteiger partial charge on any atom is 0.236 e. The Morgan fingerprint density at radius 1 is 1.38 bits per heavy atom. The number of rotatable bonds is 5. The van der Waals surface area contributed by atoms with Crippen molar-refractivity contribution >= 4 is 17.2 Å². The molecular weight excluding hydrogens is 220 g/mol. The highest BCUT2D eigenvalue weighted by Gasteiger charge is 2.21. The summed E-state index contributed by atoms with van der Waals surface area (Å²) in [7, 11) is 1.66. The number of hydrogen-bond donors (Lipinski definition) is 2. The minimum Gasteiger partial charge on any atom is -0.358 e. The number of carbonyl (C=O) groups is 1. The molecule has 0 saturated carbocycles. The second kappa shape index (κ2) is 6.01. The molecule has 2 unspecified atom stereocenters. The first-order chi connectivity index (χ1) is 7.56. The van der Waals surface area contributed by atoms with Gasteiger partial charge in [0.25, 0.3) is 0 Å². The molecule has 0 aliphatic rings. The molecule has 0 fully saturated rings. The summed E-state index contributed by atoms with van der Waals surface area (Å²) in [4.78, 5) is 12.8. The van der Waals surface area contributed by atoms with E-state index in [9.17, 15) is 4.79 Å². The molecule has 1 aromatic rings. The summed E-state index contributed by atoms with van der Waals surface area (Å²) in [5.74, 6) is 0.493. The van der Waals surface area contributed by atoms with E-state index in [2.05, 4.69) is 35.9 Å². The van der Waals surface area contributed by atoms with E-state index in [1.54, 1.807) is 18.4 Å². The van der Waals surface area contributed by atoms with Gasteiger partial charge in [0.1, 0.15) is 0 Å². The fourth-order valence-corrected chi connectivity index (χ4v) is 2.59. The Morgan fingerprint density at radius 2 is 2.06 bits per heavy atom. The van der Waals surface area contributed by atoms with E-state index in [1.807, 2.05) is 13.0 Å². The predicted octanol–water partition coefficient (Wildman–Crippen LogP) is 2.17. The van der Waals surface area contributed by atoms with Crippen molar-refractivity contribution in [3.63, 3.8) is 0 Å². The van der Waals surface area contributed by atoms with Gasteiger partial charge in [-0.05, 0) is 24.3 Å². The molecule has 16 heavy (non-hydrogen) atoms. The highest BCUT2D eigenvalue weighted by molar-refractivity contribution is 7.10. The van der Waals surface area contributed by atoms with Crippen LogP contribution in [0.15, 0.2) is 17.5 Å². The Labute approximate surface area is 101 Å². The van der Waals surface area contributed by atoms with Crippen LogP contribution in [-0.4, -0.2) is 19.0 Å². The van der Waals surface area contributed by atoms with Gasteiger partial charge < -0.3 is 5.32 Å². The van der Waals surface area contributed by atoms with Crippen LogP contribution in [0.2, 0.25) is 0 Å². The summed E-state index contributed by atoms with van der Waals surface area (Å²) in [5.41, 5.74) is 0. The molecule has 1 aromatic heterocycles. The first-order valence-electron chi connectivity index (χ1n) is 5.57. The van der Waals surface area contributed by atoms with Gasteiger partial charge in [0.15, 0.2) is 0 Å². The van der Waals surface area contributed by atoms with Gasteiger partial charge in [0, 0.05) is 18.0 Å². The standard InChI is InChI=1S/C12H20N2OS/c1-8(2)11(10-6-5-7-16-10)14-9(3)12(15)13-4/h5-9,11,14H,1-4H3,(H,13,15). The average molecular weight is 240 g/mol. The van der Waals surface area contributed by atoms with E-state index in [4.69, 9.17) is 0 Å². The number of nitrogens with one attached hydrogen (secondary N) is 2. The third-order valence-electron chi connectivity index (χ3n) is 2.59. The summed E-state index contributed by atoms with van der Waals surface area (Å²) < 4.78 is 0. The number of amides is 1. The number of hydrogen-bond acceptors (Lipinski definition) is 3. The quantitative estimate of drug-likeness (QED) is 0.828. The van der Waals surface area contributed by atoms with Crippen LogP contribution < -0.4 is 10.6 Å². The van der Waals surface area contributed by atoms with Gasteiger partial charge in [-0.15, -0.1) is 11.3 Å². The Kier molecular flexibility index (Phi) is 4.96. The summed E-state index contributed by atoms with van der Waals surface area (Å²) in [6.45, 7) is 6.21. The molecule has 0 spiro atoms. The van der Waals surface area contributed by atoms with E-state index < -0.39 is 0 Å². The Hall–Kier alpha value is -0.870. The van der Waals surface area contributed by atoms with Crippen molar-refractivity contribution in [2.75, 3.05) is 7.05 Å². The Bertz CT molecular complexity index is 322. The topological polar surface area (TPSA) is 41.1 Å². The number of thiophene rings is 1. The molecular formula is C12H20N2OS. The lowest BCUT2D eigenvalue weighted by Crippen LogP contribution is -2.43. The number of likely N-dealkylation sites (N-methyl/N-ethyl adjacent to an activating group) is 1. The number of carbonyl (C=O) groups excluding carboxylic acids is 1. The lowest BCUT2D eigenvalue weighted by molar-refractivity contribution is -0.122. The largest absolute Gasteiger partial charge is 0.358 e. The maximum absolute atomic E-state index is 11.5. The summed E-state index contributed by atoms with van der Waals surface area (Å²) in [6.07, 6.45) is 0. The maximum atomic E-state index is 11.5. The van der Waals surface area contributed by atoms with Crippen LogP contribution in [0.1, 0.15) is 31.7 Å². The van der Waals surface area contributed by atoms with Crippen LogP contribution >= 0.6 is 11.3 Å². The van der Waals surface area contributed by atoms with Crippen LogP contribution in [-0.2, 0) is 4.79 Å². The van der Waals surface area contributed by atoms with Crippen LogP contribution in [0.4, 0.5) is 0 Å². The van der Waals surface area contributed by atoms with Crippen molar-refractivity contribution in [3.05, 3.63) is 22.4 Å². The first kappa shape index (κ1) is 13.2. The molecule has 1 heterocycles. The van der Waals surface area contributed by atoms with Gasteiger partial charge in [-0.1, -0.05) is 19.9 Å². The van der Waals surface area contributed by atoms with Crippen LogP contribution in [0, 0.1) is 5.92 Å². The smallest absolute Gasteiger partial charge is 0.236 e. The molecule has 0 aliphatic carbocycles. The molecule has 90 valence electrons. The zero-order valence-corrected chi connectivity index (χ0v) is 11.1. The van der Waals surface area contributed by atoms with E-state index in [1.165, 1.54) is 4.88 Å². The molecule has 2 atom stereocenters. The second-order valence-electron chi connectivity index (χ2n) is 4.24.